The van der Waals surface area contributed by atoms with Crippen molar-refractivity contribution in [2.45, 2.75) is 12.8 Å². The van der Waals surface area contributed by atoms with Gasteiger partial charge in [0.1, 0.15) is 6.29 Å². The quantitative estimate of drug-likeness (QED) is 0.537. The molecule has 1 aromatic rings. The highest BCUT2D eigenvalue weighted by molar-refractivity contribution is 5.77. The van der Waals surface area contributed by atoms with E-state index in [1.165, 1.54) is 7.11 Å². The van der Waals surface area contributed by atoms with Crippen molar-refractivity contribution >= 4 is 12.3 Å². The highest BCUT2D eigenvalue weighted by Gasteiger charge is 2.04. The lowest BCUT2D eigenvalue weighted by molar-refractivity contribution is -0.140. The van der Waals surface area contributed by atoms with E-state index in [2.05, 4.69) is 4.74 Å². The number of aldehydes is 1. The van der Waals surface area contributed by atoms with Crippen molar-refractivity contribution in [3.05, 3.63) is 35.4 Å². The van der Waals surface area contributed by atoms with Crippen molar-refractivity contribution in [3.63, 3.8) is 0 Å². The van der Waals surface area contributed by atoms with E-state index in [0.717, 1.165) is 11.8 Å². The van der Waals surface area contributed by atoms with Gasteiger partial charge in [0.15, 0.2) is 0 Å². The van der Waals surface area contributed by atoms with Gasteiger partial charge in [-0.25, -0.2) is 0 Å². The second-order valence-electron chi connectivity index (χ2n) is 2.89. The molecule has 0 saturated heterocycles. The number of carbonyl (C=O) groups is 2. The average Bonchev–Trinajstić information content (AvgIpc) is 2.26. The molecule has 0 aliphatic rings. The first-order chi connectivity index (χ1) is 6.77. The second kappa shape index (κ2) is 5.17. The summed E-state index contributed by atoms with van der Waals surface area (Å²) < 4.78 is 4.52. The van der Waals surface area contributed by atoms with Gasteiger partial charge in [-0.3, -0.25) is 9.59 Å². The normalized spacial score (nSPS) is 9.50. The summed E-state index contributed by atoms with van der Waals surface area (Å²) >= 11 is 0. The lowest BCUT2D eigenvalue weighted by atomic mass is 10.0. The van der Waals surface area contributed by atoms with E-state index in [1.54, 1.807) is 12.1 Å². The van der Waals surface area contributed by atoms with Crippen LogP contribution in [0.2, 0.25) is 0 Å². The third-order valence-corrected chi connectivity index (χ3v) is 2.01. The molecule has 0 saturated carbocycles. The number of benzene rings is 1. The van der Waals surface area contributed by atoms with Crippen LogP contribution in [0.5, 0.6) is 0 Å². The van der Waals surface area contributed by atoms with Crippen molar-refractivity contribution in [1.82, 2.24) is 0 Å². The smallest absolute Gasteiger partial charge is 0.305 e. The monoisotopic (exact) mass is 192 g/mol. The number of carbonyl (C=O) groups excluding carboxylic acids is 2. The second-order valence-corrected chi connectivity index (χ2v) is 2.89. The van der Waals surface area contributed by atoms with Crippen LogP contribution in [-0.2, 0) is 16.0 Å². The van der Waals surface area contributed by atoms with Gasteiger partial charge in [-0.05, 0) is 12.0 Å². The maximum atomic E-state index is 10.9. The number of hydrogen-bond donors (Lipinski definition) is 0. The third-order valence-electron chi connectivity index (χ3n) is 2.01. The van der Waals surface area contributed by atoms with Gasteiger partial charge in [0.05, 0.1) is 7.11 Å². The highest BCUT2D eigenvalue weighted by atomic mass is 16.5. The summed E-state index contributed by atoms with van der Waals surface area (Å²) in [5, 5.41) is 0. The molecule has 0 atom stereocenters. The summed E-state index contributed by atoms with van der Waals surface area (Å²) in [7, 11) is 1.36. The topological polar surface area (TPSA) is 43.4 Å². The number of esters is 1. The van der Waals surface area contributed by atoms with E-state index >= 15 is 0 Å². The van der Waals surface area contributed by atoms with Crippen LogP contribution < -0.4 is 0 Å². The van der Waals surface area contributed by atoms with E-state index in [4.69, 9.17) is 0 Å². The molecule has 3 nitrogen and oxygen atoms in total. The van der Waals surface area contributed by atoms with Crippen LogP contribution in [0.25, 0.3) is 0 Å². The molecule has 1 rings (SSSR count). The zero-order valence-corrected chi connectivity index (χ0v) is 8.03. The summed E-state index contributed by atoms with van der Waals surface area (Å²) in [6.07, 6.45) is 1.65. The summed E-state index contributed by atoms with van der Waals surface area (Å²) in [5.41, 5.74) is 1.52. The highest BCUT2D eigenvalue weighted by Crippen LogP contribution is 2.08. The molecular weight excluding hydrogens is 180 g/mol. The minimum atomic E-state index is -0.259. The minimum Gasteiger partial charge on any atom is -0.469 e. The molecule has 3 heteroatoms. The lowest BCUT2D eigenvalue weighted by Gasteiger charge is -2.02. The number of hydrogen-bond acceptors (Lipinski definition) is 3. The van der Waals surface area contributed by atoms with Gasteiger partial charge < -0.3 is 4.74 Å². The molecule has 0 bridgehead atoms. The number of rotatable bonds is 4. The van der Waals surface area contributed by atoms with Crippen molar-refractivity contribution < 1.29 is 14.3 Å². The predicted molar refractivity (Wildman–Crippen MR) is 52.2 cm³/mol. The fourth-order valence-corrected chi connectivity index (χ4v) is 1.22. The molecule has 0 fully saturated rings. The molecule has 1 aromatic carbocycles. The maximum absolute atomic E-state index is 10.9. The van der Waals surface area contributed by atoms with Gasteiger partial charge >= 0.3 is 5.97 Å². The Hall–Kier alpha value is -1.64. The molecule has 0 amide bonds. The van der Waals surface area contributed by atoms with Crippen LogP contribution in [0.1, 0.15) is 22.3 Å². The molecular formula is C11H12O3. The Kier molecular flexibility index (Phi) is 3.85. The maximum Gasteiger partial charge on any atom is 0.305 e. The molecule has 0 aliphatic carbocycles. The van der Waals surface area contributed by atoms with E-state index in [9.17, 15) is 9.59 Å². The standard InChI is InChI=1S/C11H12O3/c1-14-11(13)7-6-9-4-2-3-5-10(9)8-12/h2-5,8H,6-7H2,1H3. The van der Waals surface area contributed by atoms with Crippen molar-refractivity contribution in [2.75, 3.05) is 7.11 Å². The Balaban J connectivity index is 2.66. The zero-order valence-electron chi connectivity index (χ0n) is 8.03. The van der Waals surface area contributed by atoms with E-state index < -0.39 is 0 Å². The lowest BCUT2D eigenvalue weighted by Crippen LogP contribution is -2.03. The number of ether oxygens (including phenoxy) is 1. The van der Waals surface area contributed by atoms with E-state index in [0.29, 0.717) is 18.4 Å². The minimum absolute atomic E-state index is 0.259. The molecule has 0 radical (unpaired) electrons. The first-order valence-corrected chi connectivity index (χ1v) is 4.38. The summed E-state index contributed by atoms with van der Waals surface area (Å²) in [4.78, 5) is 21.5. The Labute approximate surface area is 82.7 Å². The predicted octanol–water partition coefficient (Wildman–Crippen LogP) is 1.60. The summed E-state index contributed by atoms with van der Waals surface area (Å²) in [6.45, 7) is 0. The van der Waals surface area contributed by atoms with Gasteiger partial charge in [0.25, 0.3) is 0 Å². The first-order valence-electron chi connectivity index (χ1n) is 4.38. The van der Waals surface area contributed by atoms with Gasteiger partial charge in [-0.15, -0.1) is 0 Å². The molecule has 0 aromatic heterocycles. The Morgan fingerprint density at radius 2 is 2.14 bits per heavy atom. The van der Waals surface area contributed by atoms with Crippen LogP contribution in [0, 0.1) is 0 Å². The molecule has 0 N–H and O–H groups in total. The van der Waals surface area contributed by atoms with Gasteiger partial charge in [-0.2, -0.15) is 0 Å². The number of methoxy groups -OCH3 is 1. The summed E-state index contributed by atoms with van der Waals surface area (Å²) in [5.74, 6) is -0.259. The molecule has 0 unspecified atom stereocenters. The van der Waals surface area contributed by atoms with E-state index in [1.807, 2.05) is 12.1 Å². The Morgan fingerprint density at radius 3 is 2.79 bits per heavy atom. The Bertz CT molecular complexity index is 331. The fraction of sp³-hybridized carbons (Fsp3) is 0.273. The van der Waals surface area contributed by atoms with Crippen LogP contribution in [-0.4, -0.2) is 19.4 Å². The largest absolute Gasteiger partial charge is 0.469 e. The third kappa shape index (κ3) is 2.69. The van der Waals surface area contributed by atoms with Crippen LogP contribution in [0.3, 0.4) is 0 Å². The van der Waals surface area contributed by atoms with Crippen LogP contribution >= 0.6 is 0 Å². The molecule has 0 aliphatic heterocycles. The van der Waals surface area contributed by atoms with Crippen molar-refractivity contribution in [2.24, 2.45) is 0 Å². The van der Waals surface area contributed by atoms with E-state index in [-0.39, 0.29) is 5.97 Å². The molecule has 0 heterocycles. The molecule has 14 heavy (non-hydrogen) atoms. The SMILES string of the molecule is COC(=O)CCc1ccccc1C=O. The zero-order chi connectivity index (χ0) is 10.4. The summed E-state index contributed by atoms with van der Waals surface area (Å²) in [6, 6.07) is 7.22. The number of aryl methyl sites for hydroxylation is 1. The van der Waals surface area contributed by atoms with Gasteiger partial charge in [0, 0.05) is 12.0 Å². The average molecular weight is 192 g/mol. The first kappa shape index (κ1) is 10.4. The fourth-order valence-electron chi connectivity index (χ4n) is 1.22. The molecule has 0 spiro atoms. The van der Waals surface area contributed by atoms with Crippen LogP contribution in [0.15, 0.2) is 24.3 Å². The van der Waals surface area contributed by atoms with Gasteiger partial charge in [-0.1, -0.05) is 24.3 Å². The molecule has 74 valence electrons. The van der Waals surface area contributed by atoms with Gasteiger partial charge in [0.2, 0.25) is 0 Å². The Morgan fingerprint density at radius 1 is 1.43 bits per heavy atom. The van der Waals surface area contributed by atoms with Crippen LogP contribution in [0.4, 0.5) is 0 Å². The van der Waals surface area contributed by atoms with Crippen molar-refractivity contribution in [3.8, 4) is 0 Å². The van der Waals surface area contributed by atoms with Crippen molar-refractivity contribution in [1.29, 1.82) is 0 Å².